The van der Waals surface area contributed by atoms with E-state index < -0.39 is 0 Å². The molecule has 0 spiro atoms. The van der Waals surface area contributed by atoms with Crippen molar-refractivity contribution < 1.29 is 9.53 Å². The highest BCUT2D eigenvalue weighted by Crippen LogP contribution is 2.36. The van der Waals surface area contributed by atoms with E-state index in [1.165, 1.54) is 5.56 Å². The first-order valence-electron chi connectivity index (χ1n) is 5.53. The summed E-state index contributed by atoms with van der Waals surface area (Å²) in [5, 5.41) is 2.97. The SMILES string of the molecule is COCC1(c2ccccc2)CC(=O)NC1C. The molecule has 86 valence electrons. The van der Waals surface area contributed by atoms with Crippen molar-refractivity contribution in [3.63, 3.8) is 0 Å². The average molecular weight is 219 g/mol. The number of carbonyl (C=O) groups excluding carboxylic acids is 1. The minimum Gasteiger partial charge on any atom is -0.384 e. The summed E-state index contributed by atoms with van der Waals surface area (Å²) in [4.78, 5) is 11.6. The molecule has 1 fully saturated rings. The molecule has 1 aliphatic rings. The summed E-state index contributed by atoms with van der Waals surface area (Å²) < 4.78 is 5.31. The second-order valence-electron chi connectivity index (χ2n) is 4.42. The molecule has 0 radical (unpaired) electrons. The van der Waals surface area contributed by atoms with Gasteiger partial charge in [-0.2, -0.15) is 0 Å². The maximum absolute atomic E-state index is 11.6. The predicted octanol–water partition coefficient (Wildman–Crippen LogP) is 1.48. The van der Waals surface area contributed by atoms with E-state index in [2.05, 4.69) is 17.4 Å². The first kappa shape index (κ1) is 11.1. The van der Waals surface area contributed by atoms with E-state index in [-0.39, 0.29) is 17.4 Å². The van der Waals surface area contributed by atoms with E-state index in [9.17, 15) is 4.79 Å². The molecule has 0 aromatic heterocycles. The van der Waals surface area contributed by atoms with Gasteiger partial charge in [-0.25, -0.2) is 0 Å². The van der Waals surface area contributed by atoms with Crippen LogP contribution in [0.3, 0.4) is 0 Å². The molecule has 1 saturated heterocycles. The summed E-state index contributed by atoms with van der Waals surface area (Å²) in [6, 6.07) is 10.2. The minimum absolute atomic E-state index is 0.105. The third-order valence-electron chi connectivity index (χ3n) is 3.43. The van der Waals surface area contributed by atoms with E-state index in [1.807, 2.05) is 25.1 Å². The first-order chi connectivity index (χ1) is 7.69. The Labute approximate surface area is 95.8 Å². The fourth-order valence-corrected chi connectivity index (χ4v) is 2.51. The predicted molar refractivity (Wildman–Crippen MR) is 62.2 cm³/mol. The molecule has 2 unspecified atom stereocenters. The maximum Gasteiger partial charge on any atom is 0.221 e. The fraction of sp³-hybridized carbons (Fsp3) is 0.462. The molecule has 2 atom stereocenters. The summed E-state index contributed by atoms with van der Waals surface area (Å²) in [5.74, 6) is 0.105. The van der Waals surface area contributed by atoms with Gasteiger partial charge in [0, 0.05) is 25.0 Å². The number of benzene rings is 1. The van der Waals surface area contributed by atoms with Crippen LogP contribution in [0.15, 0.2) is 30.3 Å². The second kappa shape index (κ2) is 4.26. The summed E-state index contributed by atoms with van der Waals surface area (Å²) in [6.45, 7) is 2.60. The number of nitrogens with one attached hydrogen (secondary N) is 1. The zero-order valence-electron chi connectivity index (χ0n) is 9.69. The van der Waals surface area contributed by atoms with Crippen molar-refractivity contribution in [3.05, 3.63) is 35.9 Å². The Kier molecular flexibility index (Phi) is 2.97. The molecule has 3 nitrogen and oxygen atoms in total. The van der Waals surface area contributed by atoms with Gasteiger partial charge in [0.05, 0.1) is 6.61 Å². The molecular weight excluding hydrogens is 202 g/mol. The lowest BCUT2D eigenvalue weighted by Crippen LogP contribution is -2.41. The van der Waals surface area contributed by atoms with Gasteiger partial charge >= 0.3 is 0 Å². The Morgan fingerprint density at radius 1 is 1.44 bits per heavy atom. The number of hydrogen-bond donors (Lipinski definition) is 1. The third kappa shape index (κ3) is 1.71. The largest absolute Gasteiger partial charge is 0.384 e. The van der Waals surface area contributed by atoms with Gasteiger partial charge in [0.15, 0.2) is 0 Å². The first-order valence-corrected chi connectivity index (χ1v) is 5.53. The van der Waals surface area contributed by atoms with Crippen LogP contribution in [0.5, 0.6) is 0 Å². The van der Waals surface area contributed by atoms with Gasteiger partial charge in [-0.05, 0) is 12.5 Å². The lowest BCUT2D eigenvalue weighted by molar-refractivity contribution is -0.119. The van der Waals surface area contributed by atoms with Crippen molar-refractivity contribution >= 4 is 5.91 Å². The standard InChI is InChI=1S/C13H17NO2/c1-10-13(9-16-2,8-12(15)14-10)11-6-4-3-5-7-11/h3-7,10H,8-9H2,1-2H3,(H,14,15). The van der Waals surface area contributed by atoms with Crippen LogP contribution in [0, 0.1) is 0 Å². The molecule has 16 heavy (non-hydrogen) atoms. The Hall–Kier alpha value is -1.35. The summed E-state index contributed by atoms with van der Waals surface area (Å²) in [5.41, 5.74) is 0.954. The van der Waals surface area contributed by atoms with Crippen LogP contribution in [-0.4, -0.2) is 25.7 Å². The zero-order chi connectivity index (χ0) is 11.6. The molecule has 1 N–H and O–H groups in total. The number of carbonyl (C=O) groups is 1. The molecule has 0 saturated carbocycles. The van der Waals surface area contributed by atoms with Gasteiger partial charge in [-0.3, -0.25) is 4.79 Å². The average Bonchev–Trinajstić information content (AvgIpc) is 2.57. The van der Waals surface area contributed by atoms with Crippen molar-refractivity contribution in [3.8, 4) is 0 Å². The van der Waals surface area contributed by atoms with Crippen LogP contribution in [0.25, 0.3) is 0 Å². The molecule has 2 rings (SSSR count). The highest BCUT2D eigenvalue weighted by atomic mass is 16.5. The Morgan fingerprint density at radius 3 is 2.62 bits per heavy atom. The highest BCUT2D eigenvalue weighted by Gasteiger charge is 2.45. The van der Waals surface area contributed by atoms with E-state index in [4.69, 9.17) is 4.74 Å². The van der Waals surface area contributed by atoms with E-state index in [0.717, 1.165) is 0 Å². The topological polar surface area (TPSA) is 38.3 Å². The third-order valence-corrected chi connectivity index (χ3v) is 3.43. The monoisotopic (exact) mass is 219 g/mol. The normalized spacial score (nSPS) is 29.1. The number of methoxy groups -OCH3 is 1. The summed E-state index contributed by atoms with van der Waals surface area (Å²) in [6.07, 6.45) is 0.506. The Balaban J connectivity index is 2.40. The van der Waals surface area contributed by atoms with Gasteiger partial charge in [-0.1, -0.05) is 30.3 Å². The van der Waals surface area contributed by atoms with E-state index in [1.54, 1.807) is 7.11 Å². The van der Waals surface area contributed by atoms with Crippen molar-refractivity contribution in [2.24, 2.45) is 0 Å². The number of rotatable bonds is 3. The minimum atomic E-state index is -0.215. The Morgan fingerprint density at radius 2 is 2.12 bits per heavy atom. The molecule has 3 heteroatoms. The van der Waals surface area contributed by atoms with Crippen LogP contribution < -0.4 is 5.32 Å². The second-order valence-corrected chi connectivity index (χ2v) is 4.42. The number of amides is 1. The van der Waals surface area contributed by atoms with Gasteiger partial charge in [0.1, 0.15) is 0 Å². The molecule has 1 aromatic carbocycles. The quantitative estimate of drug-likeness (QED) is 0.836. The summed E-state index contributed by atoms with van der Waals surface area (Å²) in [7, 11) is 1.68. The molecular formula is C13H17NO2. The molecule has 1 aliphatic heterocycles. The number of hydrogen-bond acceptors (Lipinski definition) is 2. The van der Waals surface area contributed by atoms with Crippen LogP contribution in [0.4, 0.5) is 0 Å². The molecule has 1 heterocycles. The van der Waals surface area contributed by atoms with Crippen LogP contribution >= 0.6 is 0 Å². The van der Waals surface area contributed by atoms with Crippen LogP contribution in [0.1, 0.15) is 18.9 Å². The van der Waals surface area contributed by atoms with Crippen LogP contribution in [-0.2, 0) is 14.9 Å². The van der Waals surface area contributed by atoms with Crippen LogP contribution in [0.2, 0.25) is 0 Å². The van der Waals surface area contributed by atoms with Gasteiger partial charge < -0.3 is 10.1 Å². The van der Waals surface area contributed by atoms with Crippen molar-refractivity contribution in [2.75, 3.05) is 13.7 Å². The maximum atomic E-state index is 11.6. The van der Waals surface area contributed by atoms with Gasteiger partial charge in [0.25, 0.3) is 0 Å². The van der Waals surface area contributed by atoms with Crippen molar-refractivity contribution in [1.82, 2.24) is 5.32 Å². The van der Waals surface area contributed by atoms with E-state index in [0.29, 0.717) is 13.0 Å². The highest BCUT2D eigenvalue weighted by molar-refractivity contribution is 5.81. The zero-order valence-corrected chi connectivity index (χ0v) is 9.69. The summed E-state index contributed by atoms with van der Waals surface area (Å²) >= 11 is 0. The smallest absolute Gasteiger partial charge is 0.221 e. The van der Waals surface area contributed by atoms with Crippen molar-refractivity contribution in [2.45, 2.75) is 24.8 Å². The fourth-order valence-electron chi connectivity index (χ4n) is 2.51. The molecule has 1 aromatic rings. The lowest BCUT2D eigenvalue weighted by Gasteiger charge is -2.32. The number of ether oxygens (including phenoxy) is 1. The molecule has 0 bridgehead atoms. The lowest BCUT2D eigenvalue weighted by atomic mass is 9.75. The Bertz CT molecular complexity index is 377. The van der Waals surface area contributed by atoms with E-state index >= 15 is 0 Å². The molecule has 0 aliphatic carbocycles. The van der Waals surface area contributed by atoms with Crippen molar-refractivity contribution in [1.29, 1.82) is 0 Å². The van der Waals surface area contributed by atoms with Gasteiger partial charge in [-0.15, -0.1) is 0 Å². The molecule has 1 amide bonds. The van der Waals surface area contributed by atoms with Gasteiger partial charge in [0.2, 0.25) is 5.91 Å².